The van der Waals surface area contributed by atoms with Gasteiger partial charge in [-0.25, -0.2) is 4.98 Å². The van der Waals surface area contributed by atoms with Crippen LogP contribution in [0.2, 0.25) is 10.0 Å². The van der Waals surface area contributed by atoms with Gasteiger partial charge in [-0.3, -0.25) is 9.89 Å². The molecule has 1 aromatic carbocycles. The molecule has 0 saturated heterocycles. The Morgan fingerprint density at radius 1 is 1.32 bits per heavy atom. The van der Waals surface area contributed by atoms with E-state index in [-0.39, 0.29) is 17.9 Å². The van der Waals surface area contributed by atoms with Crippen LogP contribution in [0.3, 0.4) is 0 Å². The first kappa shape index (κ1) is 16.8. The van der Waals surface area contributed by atoms with Crippen LogP contribution in [0.4, 0.5) is 0 Å². The zero-order chi connectivity index (χ0) is 16.3. The molecule has 2 rings (SSSR count). The van der Waals surface area contributed by atoms with E-state index in [0.29, 0.717) is 28.1 Å². The molecule has 7 heteroatoms. The van der Waals surface area contributed by atoms with Gasteiger partial charge in [0, 0.05) is 23.4 Å². The summed E-state index contributed by atoms with van der Waals surface area (Å²) in [7, 11) is 0. The number of carbonyl (C=O) groups is 1. The summed E-state index contributed by atoms with van der Waals surface area (Å²) in [6, 6.07) is 5.14. The van der Waals surface area contributed by atoms with E-state index in [0.717, 1.165) is 5.56 Å². The maximum absolute atomic E-state index is 11.3. The van der Waals surface area contributed by atoms with Gasteiger partial charge in [0.25, 0.3) is 0 Å². The number of carbonyl (C=O) groups excluding carboxylic acids is 1. The van der Waals surface area contributed by atoms with Gasteiger partial charge in [-0.1, -0.05) is 43.1 Å². The molecule has 0 saturated carbocycles. The summed E-state index contributed by atoms with van der Waals surface area (Å²) in [5.41, 5.74) is 0.800. The summed E-state index contributed by atoms with van der Waals surface area (Å²) < 4.78 is 0. The Hall–Kier alpha value is -1.59. The Morgan fingerprint density at radius 2 is 1.95 bits per heavy atom. The zero-order valence-corrected chi connectivity index (χ0v) is 14.2. The van der Waals surface area contributed by atoms with Gasteiger partial charge in [0.05, 0.1) is 6.04 Å². The summed E-state index contributed by atoms with van der Waals surface area (Å²) in [5.74, 6) is 1.28. The lowest BCUT2D eigenvalue weighted by molar-refractivity contribution is -0.120. The van der Waals surface area contributed by atoms with Crippen LogP contribution in [0.25, 0.3) is 0 Å². The summed E-state index contributed by atoms with van der Waals surface area (Å²) in [6.07, 6.45) is 0.455. The quantitative estimate of drug-likeness (QED) is 0.874. The van der Waals surface area contributed by atoms with Gasteiger partial charge in [0.2, 0.25) is 5.91 Å². The monoisotopic (exact) mass is 340 g/mol. The summed E-state index contributed by atoms with van der Waals surface area (Å²) in [5, 5.41) is 11.1. The van der Waals surface area contributed by atoms with E-state index < -0.39 is 0 Å². The third-order valence-electron chi connectivity index (χ3n) is 3.26. The van der Waals surface area contributed by atoms with E-state index in [9.17, 15) is 4.79 Å². The molecule has 118 valence electrons. The number of nitrogens with zero attached hydrogens (tertiary/aromatic N) is 2. The maximum atomic E-state index is 11.3. The number of hydrogen-bond acceptors (Lipinski definition) is 3. The number of aromatic nitrogens is 3. The number of hydrogen-bond donors (Lipinski definition) is 2. The average Bonchev–Trinajstić information content (AvgIpc) is 2.88. The minimum atomic E-state index is -0.232. The normalized spacial score (nSPS) is 12.5. The standard InChI is InChI=1S/C15H18Cl2N4O/c1-8(2)14(18-9(3)22)15-19-13(20-21-15)7-10-11(16)5-4-6-12(10)17/h4-6,8,14H,7H2,1-3H3,(H,18,22)(H,19,20,21)/t14-/m0/s1. The van der Waals surface area contributed by atoms with Crippen LogP contribution in [0.15, 0.2) is 18.2 Å². The third kappa shape index (κ3) is 3.99. The fourth-order valence-electron chi connectivity index (χ4n) is 2.15. The van der Waals surface area contributed by atoms with Gasteiger partial charge in [-0.2, -0.15) is 5.10 Å². The number of nitrogens with one attached hydrogen (secondary N) is 2. The number of halogens is 2. The van der Waals surface area contributed by atoms with Crippen LogP contribution >= 0.6 is 23.2 Å². The van der Waals surface area contributed by atoms with Crippen LogP contribution in [-0.2, 0) is 11.2 Å². The SMILES string of the molecule is CC(=O)N[C@H](c1n[nH]c(Cc2c(Cl)cccc2Cl)n1)C(C)C. The molecule has 0 spiro atoms. The van der Waals surface area contributed by atoms with Crippen molar-refractivity contribution in [2.45, 2.75) is 33.2 Å². The van der Waals surface area contributed by atoms with E-state index in [1.54, 1.807) is 18.2 Å². The first-order chi connectivity index (χ1) is 10.4. The van der Waals surface area contributed by atoms with Crippen LogP contribution in [0.5, 0.6) is 0 Å². The highest BCUT2D eigenvalue weighted by Crippen LogP contribution is 2.26. The maximum Gasteiger partial charge on any atom is 0.217 e. The topological polar surface area (TPSA) is 70.7 Å². The lowest BCUT2D eigenvalue weighted by Crippen LogP contribution is -2.30. The van der Waals surface area contributed by atoms with Crippen molar-refractivity contribution in [2.75, 3.05) is 0 Å². The van der Waals surface area contributed by atoms with Gasteiger partial charge in [-0.15, -0.1) is 0 Å². The first-order valence-corrected chi connectivity index (χ1v) is 7.75. The fraction of sp³-hybridized carbons (Fsp3) is 0.400. The predicted octanol–water partition coefficient (Wildman–Crippen LogP) is 3.54. The molecule has 2 N–H and O–H groups in total. The molecule has 1 atom stereocenters. The van der Waals surface area contributed by atoms with Gasteiger partial charge in [0.1, 0.15) is 5.82 Å². The molecular weight excluding hydrogens is 323 g/mol. The Balaban J connectivity index is 2.22. The second-order valence-electron chi connectivity index (χ2n) is 5.44. The van der Waals surface area contributed by atoms with E-state index in [4.69, 9.17) is 23.2 Å². The minimum Gasteiger partial charge on any atom is -0.346 e. The van der Waals surface area contributed by atoms with E-state index in [1.807, 2.05) is 13.8 Å². The lowest BCUT2D eigenvalue weighted by atomic mass is 10.0. The van der Waals surface area contributed by atoms with Crippen LogP contribution in [0, 0.1) is 5.92 Å². The van der Waals surface area contributed by atoms with Gasteiger partial charge < -0.3 is 5.32 Å². The Labute approximate surface area is 139 Å². The highest BCUT2D eigenvalue weighted by atomic mass is 35.5. The van der Waals surface area contributed by atoms with Crippen LogP contribution < -0.4 is 5.32 Å². The number of aromatic amines is 1. The van der Waals surface area contributed by atoms with E-state index in [1.165, 1.54) is 6.92 Å². The molecule has 1 aromatic heterocycles. The molecule has 0 bridgehead atoms. The predicted molar refractivity (Wildman–Crippen MR) is 87.0 cm³/mol. The minimum absolute atomic E-state index is 0.112. The highest BCUT2D eigenvalue weighted by molar-refractivity contribution is 6.36. The van der Waals surface area contributed by atoms with Crippen molar-refractivity contribution >= 4 is 29.1 Å². The molecule has 1 amide bonds. The average molecular weight is 341 g/mol. The van der Waals surface area contributed by atoms with Crippen molar-refractivity contribution in [3.05, 3.63) is 45.5 Å². The Bertz CT molecular complexity index is 649. The molecule has 0 unspecified atom stereocenters. The van der Waals surface area contributed by atoms with Crippen molar-refractivity contribution < 1.29 is 4.79 Å². The number of rotatable bonds is 5. The number of benzene rings is 1. The van der Waals surface area contributed by atoms with Gasteiger partial charge >= 0.3 is 0 Å². The molecule has 0 aliphatic rings. The van der Waals surface area contributed by atoms with Crippen molar-refractivity contribution in [3.8, 4) is 0 Å². The zero-order valence-electron chi connectivity index (χ0n) is 12.7. The van der Waals surface area contributed by atoms with Crippen LogP contribution in [-0.4, -0.2) is 21.1 Å². The number of H-pyrrole nitrogens is 1. The molecule has 1 heterocycles. The largest absolute Gasteiger partial charge is 0.346 e. The smallest absolute Gasteiger partial charge is 0.217 e. The lowest BCUT2D eigenvalue weighted by Gasteiger charge is -2.18. The second kappa shape index (κ2) is 7.11. The molecular formula is C15H18Cl2N4O. The molecule has 5 nitrogen and oxygen atoms in total. The van der Waals surface area contributed by atoms with Crippen LogP contribution in [0.1, 0.15) is 44.0 Å². The highest BCUT2D eigenvalue weighted by Gasteiger charge is 2.21. The van der Waals surface area contributed by atoms with Gasteiger partial charge in [0.15, 0.2) is 5.82 Å². The third-order valence-corrected chi connectivity index (χ3v) is 3.97. The van der Waals surface area contributed by atoms with Gasteiger partial charge in [-0.05, 0) is 23.6 Å². The van der Waals surface area contributed by atoms with E-state index >= 15 is 0 Å². The molecule has 0 fully saturated rings. The summed E-state index contributed by atoms with van der Waals surface area (Å²) in [6.45, 7) is 5.48. The molecule has 0 aliphatic carbocycles. The Morgan fingerprint density at radius 3 is 2.50 bits per heavy atom. The summed E-state index contributed by atoms with van der Waals surface area (Å²) >= 11 is 12.3. The van der Waals surface area contributed by atoms with Crippen molar-refractivity contribution in [3.63, 3.8) is 0 Å². The molecule has 0 radical (unpaired) electrons. The second-order valence-corrected chi connectivity index (χ2v) is 6.25. The van der Waals surface area contributed by atoms with Crippen molar-refractivity contribution in [2.24, 2.45) is 5.92 Å². The van der Waals surface area contributed by atoms with Crippen molar-refractivity contribution in [1.82, 2.24) is 20.5 Å². The fourth-order valence-corrected chi connectivity index (χ4v) is 2.68. The molecule has 0 aliphatic heterocycles. The first-order valence-electron chi connectivity index (χ1n) is 6.99. The number of amides is 1. The van der Waals surface area contributed by atoms with E-state index in [2.05, 4.69) is 20.5 Å². The van der Waals surface area contributed by atoms with Crippen molar-refractivity contribution in [1.29, 1.82) is 0 Å². The summed E-state index contributed by atoms with van der Waals surface area (Å²) in [4.78, 5) is 15.8. The molecule has 2 aromatic rings. The molecule has 22 heavy (non-hydrogen) atoms. The Kier molecular flexibility index (Phi) is 5.42.